The Balaban J connectivity index is 0.000000141. The molecule has 0 bridgehead atoms. The number of hydrogen-bond acceptors (Lipinski definition) is 8. The Morgan fingerprint density at radius 3 is 0.931 bits per heavy atom. The second-order valence-electron chi connectivity index (χ2n) is 25.6. The topological polar surface area (TPSA) is 104 Å². The molecule has 8 nitrogen and oxygen atoms in total. The zero-order valence-electron chi connectivity index (χ0n) is 55.0. The third-order valence-electron chi connectivity index (χ3n) is 19.5. The standard InChI is InChI=1S/2C47H29N3O/c1-3-12-32(13-4-1)45-48-46(33-14-5-2-6-15-33)50-47(49-45)39-20-11-21-43-44(39)41-28-34(26-27-42(41)51-43)30-22-24-31(25-23-30)40-29-35-16-7-8-17-36(35)37-18-9-10-19-38(37)40;1-3-11-34(12-4-1)45-48-46(35-13-5-2-6-14-35)50-47(49-45)39-16-9-17-43-44(39)41-29-37(26-27-42(41)51-43)31-20-18-30(19-21-31)36-25-24-33-23-22-32-10-7-8-15-38(32)40(33)28-36/h2*1-29H. The van der Waals surface area contributed by atoms with Crippen LogP contribution in [0.3, 0.4) is 0 Å². The monoisotopic (exact) mass is 1300 g/mol. The fourth-order valence-electron chi connectivity index (χ4n) is 14.4. The van der Waals surface area contributed by atoms with Crippen molar-refractivity contribution in [1.29, 1.82) is 0 Å². The molecule has 4 heterocycles. The lowest BCUT2D eigenvalue weighted by molar-refractivity contribution is 0.668. The predicted octanol–water partition coefficient (Wildman–Crippen LogP) is 24.8. The molecule has 4 aromatic heterocycles. The van der Waals surface area contributed by atoms with E-state index < -0.39 is 0 Å². The van der Waals surface area contributed by atoms with Gasteiger partial charge in [0.2, 0.25) is 0 Å². The van der Waals surface area contributed by atoms with Crippen molar-refractivity contribution < 1.29 is 8.83 Å². The number of fused-ring (bicyclic) bond motifs is 12. The zero-order valence-corrected chi connectivity index (χ0v) is 55.0. The van der Waals surface area contributed by atoms with Crippen LogP contribution >= 0.6 is 0 Å². The maximum absolute atomic E-state index is 6.42. The van der Waals surface area contributed by atoms with E-state index in [4.69, 9.17) is 38.7 Å². The third kappa shape index (κ3) is 10.9. The van der Waals surface area contributed by atoms with Gasteiger partial charge in [0.05, 0.1) is 0 Å². The highest BCUT2D eigenvalue weighted by Crippen LogP contribution is 2.43. The average Bonchev–Trinajstić information content (AvgIpc) is 1.53. The van der Waals surface area contributed by atoms with Crippen LogP contribution in [0.15, 0.2) is 361 Å². The molecule has 0 aliphatic carbocycles. The van der Waals surface area contributed by atoms with Crippen LogP contribution in [-0.4, -0.2) is 29.9 Å². The molecule has 0 aliphatic heterocycles. The van der Waals surface area contributed by atoms with Crippen molar-refractivity contribution in [3.05, 3.63) is 352 Å². The van der Waals surface area contributed by atoms with E-state index in [9.17, 15) is 0 Å². The molecular formula is C94H58N6O2. The fourth-order valence-corrected chi connectivity index (χ4v) is 14.4. The summed E-state index contributed by atoms with van der Waals surface area (Å²) < 4.78 is 12.8. The van der Waals surface area contributed by atoms with Crippen molar-refractivity contribution in [2.24, 2.45) is 0 Å². The summed E-state index contributed by atoms with van der Waals surface area (Å²) in [5.74, 6) is 3.73. The first-order valence-electron chi connectivity index (χ1n) is 34.2. The summed E-state index contributed by atoms with van der Waals surface area (Å²) in [6.07, 6.45) is 0. The number of hydrogen-bond donors (Lipinski definition) is 0. The van der Waals surface area contributed by atoms with E-state index in [2.05, 4.69) is 206 Å². The van der Waals surface area contributed by atoms with E-state index in [0.717, 1.165) is 99.5 Å². The summed E-state index contributed by atoms with van der Waals surface area (Å²) in [6.45, 7) is 0. The van der Waals surface area contributed by atoms with Crippen LogP contribution in [0, 0.1) is 0 Å². The van der Waals surface area contributed by atoms with E-state index in [1.54, 1.807) is 0 Å². The summed E-state index contributed by atoms with van der Waals surface area (Å²) in [4.78, 5) is 29.9. The highest BCUT2D eigenvalue weighted by atomic mass is 16.3. The largest absolute Gasteiger partial charge is 0.456 e. The number of benzene rings is 16. The molecule has 0 amide bonds. The molecule has 16 aromatic carbocycles. The Morgan fingerprint density at radius 2 is 0.480 bits per heavy atom. The first kappa shape index (κ1) is 59.4. The van der Waals surface area contributed by atoms with Crippen LogP contribution in [0.4, 0.5) is 0 Å². The highest BCUT2D eigenvalue weighted by molar-refractivity contribution is 6.16. The van der Waals surface area contributed by atoms with Gasteiger partial charge in [-0.3, -0.25) is 0 Å². The Labute approximate surface area is 586 Å². The predicted molar refractivity (Wildman–Crippen MR) is 419 cm³/mol. The smallest absolute Gasteiger partial charge is 0.164 e. The van der Waals surface area contributed by atoms with E-state index >= 15 is 0 Å². The summed E-state index contributed by atoms with van der Waals surface area (Å²) in [6, 6.07) is 122. The van der Waals surface area contributed by atoms with Gasteiger partial charge in [0.25, 0.3) is 0 Å². The number of nitrogens with zero attached hydrogens (tertiary/aromatic N) is 6. The molecule has 8 heteroatoms. The van der Waals surface area contributed by atoms with E-state index in [1.165, 1.54) is 65.3 Å². The van der Waals surface area contributed by atoms with Crippen LogP contribution in [-0.2, 0) is 0 Å². The Bertz CT molecular complexity index is 6470. The fraction of sp³-hybridized carbons (Fsp3) is 0. The molecule has 0 unspecified atom stereocenters. The number of aromatic nitrogens is 6. The van der Waals surface area contributed by atoms with Crippen molar-refractivity contribution >= 4 is 87.0 Å². The maximum atomic E-state index is 6.42. The Morgan fingerprint density at radius 1 is 0.157 bits per heavy atom. The van der Waals surface area contributed by atoms with Crippen LogP contribution in [0.1, 0.15) is 0 Å². The summed E-state index contributed by atoms with van der Waals surface area (Å²) in [7, 11) is 0. The van der Waals surface area contributed by atoms with Gasteiger partial charge in [-0.25, -0.2) is 29.9 Å². The summed E-state index contributed by atoms with van der Waals surface area (Å²) >= 11 is 0. The summed E-state index contributed by atoms with van der Waals surface area (Å²) in [5.41, 5.74) is 18.1. The van der Waals surface area contributed by atoms with Gasteiger partial charge in [0.15, 0.2) is 34.9 Å². The molecule has 0 spiro atoms. The number of rotatable bonds is 10. The van der Waals surface area contributed by atoms with Crippen molar-refractivity contribution in [3.8, 4) is 113 Å². The van der Waals surface area contributed by atoms with Crippen molar-refractivity contribution in [2.45, 2.75) is 0 Å². The first-order valence-corrected chi connectivity index (χ1v) is 34.2. The van der Waals surface area contributed by atoms with Crippen LogP contribution in [0.5, 0.6) is 0 Å². The molecule has 476 valence electrons. The molecular weight excluding hydrogens is 1250 g/mol. The van der Waals surface area contributed by atoms with Gasteiger partial charge in [0.1, 0.15) is 22.3 Å². The van der Waals surface area contributed by atoms with Crippen LogP contribution in [0.2, 0.25) is 0 Å². The minimum atomic E-state index is 0.605. The van der Waals surface area contributed by atoms with E-state index in [1.807, 2.05) is 146 Å². The molecule has 20 aromatic rings. The van der Waals surface area contributed by atoms with Gasteiger partial charge >= 0.3 is 0 Å². The van der Waals surface area contributed by atoms with Gasteiger partial charge in [-0.05, 0) is 136 Å². The molecule has 102 heavy (non-hydrogen) atoms. The summed E-state index contributed by atoms with van der Waals surface area (Å²) in [5, 5.41) is 14.1. The van der Waals surface area contributed by atoms with Gasteiger partial charge in [-0.1, -0.05) is 303 Å². The van der Waals surface area contributed by atoms with E-state index in [-0.39, 0.29) is 0 Å². The minimum absolute atomic E-state index is 0.605. The molecule has 0 saturated carbocycles. The van der Waals surface area contributed by atoms with E-state index in [0.29, 0.717) is 34.9 Å². The van der Waals surface area contributed by atoms with Crippen LogP contribution in [0.25, 0.3) is 200 Å². The number of furan rings is 2. The van der Waals surface area contributed by atoms with Crippen LogP contribution < -0.4 is 0 Å². The Kier molecular flexibility index (Phi) is 14.7. The average molecular weight is 1300 g/mol. The molecule has 0 N–H and O–H groups in total. The lowest BCUT2D eigenvalue weighted by Gasteiger charge is -2.12. The highest BCUT2D eigenvalue weighted by Gasteiger charge is 2.22. The lowest BCUT2D eigenvalue weighted by Crippen LogP contribution is -2.00. The van der Waals surface area contributed by atoms with Crippen molar-refractivity contribution in [3.63, 3.8) is 0 Å². The molecule has 0 radical (unpaired) electrons. The van der Waals surface area contributed by atoms with Gasteiger partial charge in [-0.2, -0.15) is 0 Å². The Hall–Kier alpha value is -13.8. The quantitative estimate of drug-likeness (QED) is 0.125. The minimum Gasteiger partial charge on any atom is -0.456 e. The van der Waals surface area contributed by atoms with Gasteiger partial charge in [0, 0.05) is 54.9 Å². The molecule has 0 aliphatic rings. The third-order valence-corrected chi connectivity index (χ3v) is 19.5. The zero-order chi connectivity index (χ0) is 67.5. The van der Waals surface area contributed by atoms with Gasteiger partial charge in [-0.15, -0.1) is 0 Å². The molecule has 0 saturated heterocycles. The first-order chi connectivity index (χ1) is 50.5. The molecule has 20 rings (SSSR count). The molecule has 0 fully saturated rings. The second-order valence-corrected chi connectivity index (χ2v) is 25.6. The van der Waals surface area contributed by atoms with Crippen molar-refractivity contribution in [1.82, 2.24) is 29.9 Å². The maximum Gasteiger partial charge on any atom is 0.164 e. The SMILES string of the molecule is c1ccc(-c2nc(-c3ccccc3)nc(-c3cccc4oc5ccc(-c6ccc(-c7cc8ccccc8c8ccccc78)cc6)cc5c34)n2)cc1.c1ccc(-c2nc(-c3ccccc3)nc(-c3cccc4oc5ccc(-c6ccc(-c7ccc8ccc9ccccc9c8c7)cc6)cc5c34)n2)cc1. The molecule has 0 atom stereocenters. The van der Waals surface area contributed by atoms with Gasteiger partial charge < -0.3 is 8.83 Å². The second kappa shape index (κ2) is 25.2. The normalized spacial score (nSPS) is 11.5. The lowest BCUT2D eigenvalue weighted by atomic mass is 9.92. The van der Waals surface area contributed by atoms with Crippen molar-refractivity contribution in [2.75, 3.05) is 0 Å².